The third kappa shape index (κ3) is 3.54. The number of hydrazone groups is 1. The van der Waals surface area contributed by atoms with Gasteiger partial charge >= 0.3 is 11.9 Å². The Morgan fingerprint density at radius 2 is 2.06 bits per heavy atom. The molecule has 0 bridgehead atoms. The van der Waals surface area contributed by atoms with Crippen molar-refractivity contribution in [3.8, 4) is 0 Å². The molecule has 31 heavy (non-hydrogen) atoms. The first-order chi connectivity index (χ1) is 14.7. The van der Waals surface area contributed by atoms with Crippen LogP contribution in [0.4, 0.5) is 5.82 Å². The molecule has 14 nitrogen and oxygen atoms in total. The van der Waals surface area contributed by atoms with Gasteiger partial charge in [-0.05, 0) is 0 Å². The number of aliphatic hydroxyl groups excluding tert-OH is 2. The van der Waals surface area contributed by atoms with E-state index in [-0.39, 0.29) is 5.84 Å². The van der Waals surface area contributed by atoms with E-state index in [2.05, 4.69) is 15.1 Å². The van der Waals surface area contributed by atoms with Gasteiger partial charge in [0.2, 0.25) is 0 Å². The Morgan fingerprint density at radius 3 is 2.77 bits per heavy atom. The second-order valence-electron chi connectivity index (χ2n) is 7.24. The predicted molar refractivity (Wildman–Crippen MR) is 104 cm³/mol. The quantitative estimate of drug-likeness (QED) is 0.297. The molecule has 2 aromatic heterocycles. The van der Waals surface area contributed by atoms with E-state index in [1.165, 1.54) is 15.9 Å². The molecule has 0 amide bonds. The minimum atomic E-state index is -1.39. The zero-order valence-corrected chi connectivity index (χ0v) is 16.3. The van der Waals surface area contributed by atoms with Crippen LogP contribution >= 0.6 is 0 Å². The third-order valence-corrected chi connectivity index (χ3v) is 5.13. The number of aliphatic hydroxyl groups is 2. The summed E-state index contributed by atoms with van der Waals surface area (Å²) in [5.74, 6) is -1.47. The van der Waals surface area contributed by atoms with Crippen LogP contribution in [0.3, 0.4) is 0 Å². The molecule has 0 saturated carbocycles. The summed E-state index contributed by atoms with van der Waals surface area (Å²) >= 11 is 0. The largest absolute Gasteiger partial charge is 0.481 e. The van der Waals surface area contributed by atoms with E-state index in [0.29, 0.717) is 22.4 Å². The number of hydrogen-bond acceptors (Lipinski definition) is 12. The van der Waals surface area contributed by atoms with Crippen molar-refractivity contribution < 1.29 is 34.4 Å². The van der Waals surface area contributed by atoms with Gasteiger partial charge in [0.25, 0.3) is 0 Å². The average molecular weight is 435 g/mol. The number of amidine groups is 1. The van der Waals surface area contributed by atoms with Crippen LogP contribution < -0.4 is 16.5 Å². The Balaban J connectivity index is 1.56. The molecule has 0 aromatic carbocycles. The van der Waals surface area contributed by atoms with Gasteiger partial charge in [-0.15, -0.1) is 0 Å². The highest BCUT2D eigenvalue weighted by atomic mass is 16.6. The fourth-order valence-electron chi connectivity index (χ4n) is 3.60. The highest BCUT2D eigenvalue weighted by molar-refractivity contribution is 6.13. The van der Waals surface area contributed by atoms with Gasteiger partial charge in [-0.25, -0.2) is 15.0 Å². The molecule has 166 valence electrons. The maximum atomic E-state index is 11.8. The van der Waals surface area contributed by atoms with E-state index in [0.717, 1.165) is 0 Å². The molecule has 2 aliphatic rings. The van der Waals surface area contributed by atoms with E-state index in [1.54, 1.807) is 13.2 Å². The number of nitrogens with zero attached hydrogens (tertiary/aromatic N) is 5. The molecule has 0 unspecified atom stereocenters. The molecule has 2 aromatic rings. The maximum absolute atomic E-state index is 11.8. The highest BCUT2D eigenvalue weighted by Gasteiger charge is 2.45. The number of anilines is 1. The average Bonchev–Trinajstić information content (AvgIpc) is 3.23. The SMILES string of the molecule is CN1N=C(N)c2cn([C@@H]3O[C@H](COC(=O)[C@@H](N)CC(=O)O)[C@@H](O)[C@H]3O)c3ncnc1c23. The van der Waals surface area contributed by atoms with Crippen LogP contribution in [0.15, 0.2) is 17.6 Å². The van der Waals surface area contributed by atoms with E-state index in [4.69, 9.17) is 26.0 Å². The summed E-state index contributed by atoms with van der Waals surface area (Å²) in [5, 5.41) is 35.9. The molecule has 4 heterocycles. The molecule has 4 rings (SSSR count). The van der Waals surface area contributed by atoms with Crippen LogP contribution in [0.25, 0.3) is 11.0 Å². The molecule has 0 aliphatic carbocycles. The van der Waals surface area contributed by atoms with Crippen molar-refractivity contribution in [2.45, 2.75) is 37.0 Å². The van der Waals surface area contributed by atoms with Crippen molar-refractivity contribution in [3.63, 3.8) is 0 Å². The number of ether oxygens (including phenoxy) is 2. The molecule has 5 atom stereocenters. The van der Waals surface area contributed by atoms with Crippen LogP contribution in [0.2, 0.25) is 0 Å². The Kier molecular flexibility index (Phi) is 5.22. The first-order valence-electron chi connectivity index (χ1n) is 9.28. The van der Waals surface area contributed by atoms with Gasteiger partial charge in [-0.3, -0.25) is 9.59 Å². The van der Waals surface area contributed by atoms with Crippen LogP contribution in [0.1, 0.15) is 18.2 Å². The van der Waals surface area contributed by atoms with Crippen molar-refractivity contribution in [2.75, 3.05) is 18.7 Å². The number of aliphatic carboxylic acids is 1. The molecule has 7 N–H and O–H groups in total. The number of rotatable bonds is 6. The minimum Gasteiger partial charge on any atom is -0.481 e. The smallest absolute Gasteiger partial charge is 0.323 e. The Morgan fingerprint density at radius 1 is 1.32 bits per heavy atom. The zero-order valence-electron chi connectivity index (χ0n) is 16.3. The van der Waals surface area contributed by atoms with Gasteiger partial charge in [-0.1, -0.05) is 0 Å². The summed E-state index contributed by atoms with van der Waals surface area (Å²) in [6.45, 7) is -0.431. The lowest BCUT2D eigenvalue weighted by molar-refractivity contribution is -0.154. The van der Waals surface area contributed by atoms with Gasteiger partial charge < -0.3 is 40.8 Å². The fourth-order valence-corrected chi connectivity index (χ4v) is 3.60. The summed E-state index contributed by atoms with van der Waals surface area (Å²) in [6.07, 6.45) is -2.61. The lowest BCUT2D eigenvalue weighted by Gasteiger charge is -2.19. The van der Waals surface area contributed by atoms with Crippen molar-refractivity contribution in [3.05, 3.63) is 18.1 Å². The van der Waals surface area contributed by atoms with Crippen LogP contribution in [0.5, 0.6) is 0 Å². The van der Waals surface area contributed by atoms with Crippen molar-refractivity contribution in [1.82, 2.24) is 14.5 Å². The maximum Gasteiger partial charge on any atom is 0.323 e. The molecule has 1 fully saturated rings. The lowest BCUT2D eigenvalue weighted by atomic mass is 10.1. The minimum absolute atomic E-state index is 0.222. The van der Waals surface area contributed by atoms with Crippen molar-refractivity contribution >= 4 is 34.6 Å². The third-order valence-electron chi connectivity index (χ3n) is 5.13. The monoisotopic (exact) mass is 435 g/mol. The Hall–Kier alpha value is -3.33. The Bertz CT molecular complexity index is 1070. The highest BCUT2D eigenvalue weighted by Crippen LogP contribution is 2.37. The van der Waals surface area contributed by atoms with E-state index in [9.17, 15) is 19.8 Å². The Labute approximate surface area is 174 Å². The summed E-state index contributed by atoms with van der Waals surface area (Å²) < 4.78 is 12.2. The van der Waals surface area contributed by atoms with Gasteiger partial charge in [-0.2, -0.15) is 5.10 Å². The van der Waals surface area contributed by atoms with Gasteiger partial charge in [0.15, 0.2) is 17.9 Å². The van der Waals surface area contributed by atoms with Gasteiger partial charge in [0.05, 0.1) is 11.8 Å². The lowest BCUT2D eigenvalue weighted by Crippen LogP contribution is -2.38. The normalized spacial score (nSPS) is 26.1. The molecule has 1 saturated heterocycles. The summed E-state index contributed by atoms with van der Waals surface area (Å²) in [6, 6.07) is -1.36. The molecular formula is C17H21N7O7. The topological polar surface area (TPSA) is 212 Å². The molecule has 0 spiro atoms. The van der Waals surface area contributed by atoms with Gasteiger partial charge in [0, 0.05) is 18.8 Å². The molecular weight excluding hydrogens is 414 g/mol. The number of carboxylic acids is 1. The number of carbonyl (C=O) groups is 2. The number of aromatic nitrogens is 3. The standard InChI is InChI=1S/C17H21N7O7/c1-23-14-10-6(13(19)22-23)3-24(15(10)21-5-20-14)16-12(28)11(27)8(31-16)4-30-17(29)7(18)2-9(25)26/h3,5,7-8,11-12,16,27-28H,2,4,18H2,1H3,(H2,19,22)(H,25,26)/t7-,8+,11+,12+,16+/m0/s1. The number of carbonyl (C=O) groups excluding carboxylic acids is 1. The molecule has 0 radical (unpaired) electrons. The second-order valence-corrected chi connectivity index (χ2v) is 7.24. The first-order valence-corrected chi connectivity index (χ1v) is 9.28. The van der Waals surface area contributed by atoms with E-state index >= 15 is 0 Å². The molecule has 14 heteroatoms. The summed E-state index contributed by atoms with van der Waals surface area (Å²) in [5.41, 5.74) is 12.4. The van der Waals surface area contributed by atoms with Crippen molar-refractivity contribution in [1.29, 1.82) is 0 Å². The van der Waals surface area contributed by atoms with Crippen LogP contribution in [-0.4, -0.2) is 85.6 Å². The van der Waals surface area contributed by atoms with Crippen LogP contribution in [0, 0.1) is 0 Å². The zero-order chi connectivity index (χ0) is 22.4. The number of hydrogen-bond donors (Lipinski definition) is 5. The summed E-state index contributed by atoms with van der Waals surface area (Å²) in [7, 11) is 1.68. The van der Waals surface area contributed by atoms with Gasteiger partial charge in [0.1, 0.15) is 42.9 Å². The number of esters is 1. The van der Waals surface area contributed by atoms with E-state index in [1.807, 2.05) is 0 Å². The summed E-state index contributed by atoms with van der Waals surface area (Å²) in [4.78, 5) is 30.9. The first kappa shape index (κ1) is 20.9. The number of nitrogens with two attached hydrogens (primary N) is 2. The number of carboxylic acid groups (broad SMARTS) is 1. The van der Waals surface area contributed by atoms with Crippen LogP contribution in [-0.2, 0) is 19.1 Å². The second kappa shape index (κ2) is 7.73. The predicted octanol–water partition coefficient (Wildman–Crippen LogP) is -2.53. The van der Waals surface area contributed by atoms with Crippen molar-refractivity contribution in [2.24, 2.45) is 16.6 Å². The fraction of sp³-hybridized carbons (Fsp3) is 0.471. The molecule has 2 aliphatic heterocycles. The van der Waals surface area contributed by atoms with E-state index < -0.39 is 55.5 Å².